The second kappa shape index (κ2) is 18.5. The summed E-state index contributed by atoms with van der Waals surface area (Å²) in [6, 6.07) is 29.5. The molecule has 3 aromatic carbocycles. The molecule has 2 radical (unpaired) electrons. The van der Waals surface area contributed by atoms with Gasteiger partial charge in [0.05, 0.1) is 7.14 Å². The van der Waals surface area contributed by atoms with Crippen LogP contribution in [-0.4, -0.2) is 0 Å². The van der Waals surface area contributed by atoms with Gasteiger partial charge >= 0.3 is 26.2 Å². The number of benzene rings is 3. The zero-order chi connectivity index (χ0) is 26.9. The molecule has 0 saturated heterocycles. The molecule has 0 aliphatic heterocycles. The summed E-state index contributed by atoms with van der Waals surface area (Å²) >= 11 is 0. The van der Waals surface area contributed by atoms with E-state index in [0.717, 1.165) is 40.2 Å². The van der Waals surface area contributed by atoms with E-state index in [1.54, 1.807) is 0 Å². The van der Waals surface area contributed by atoms with Crippen LogP contribution in [0.4, 0.5) is 0 Å². The first-order valence-electron chi connectivity index (χ1n) is 13.0. The summed E-state index contributed by atoms with van der Waals surface area (Å²) in [5.74, 6) is 3.49. The third-order valence-corrected chi connectivity index (χ3v) is 8.32. The van der Waals surface area contributed by atoms with Crippen molar-refractivity contribution in [3.05, 3.63) is 175 Å². The summed E-state index contributed by atoms with van der Waals surface area (Å²) in [4.78, 5) is 0. The molecule has 194 valence electrons. The predicted molar refractivity (Wildman–Crippen MR) is 165 cm³/mol. The fourth-order valence-corrected chi connectivity index (χ4v) is 6.19. The van der Waals surface area contributed by atoms with Gasteiger partial charge in [-0.25, -0.2) is 11.4 Å². The molecule has 3 heteroatoms. The molecule has 0 fully saturated rings. The Hall–Kier alpha value is -2.79. The average Bonchev–Trinajstić information content (AvgIpc) is 3.76. The molecule has 0 atom stereocenters. The predicted octanol–water partition coefficient (Wildman–Crippen LogP) is 9.03. The van der Waals surface area contributed by atoms with Gasteiger partial charge < -0.3 is 21.8 Å². The molecule has 0 amide bonds. The summed E-state index contributed by atoms with van der Waals surface area (Å²) < 4.78 is 14.5. The normalized spacial score (nSPS) is 13.7. The molecule has 0 N–H and O–H groups in total. The van der Waals surface area contributed by atoms with Crippen LogP contribution in [0.25, 0.3) is 5.57 Å². The summed E-state index contributed by atoms with van der Waals surface area (Å²) in [7, 11) is -3.08. The molecule has 0 spiro atoms. The standard InChI is InChI=1S/C26H25OP.2C5H5.Zr/c1-3-14-22(4-2)26(23-15-8-5-9-16-23)21-28(27,24-17-10-6-11-18-24)25-19-12-7-13-20-25;2*1-2-4-5-3-1;/h5-13,15-20H,3-4H2,1-2H3;2*1-5H;/q-2;;;+2. The van der Waals surface area contributed by atoms with Crippen molar-refractivity contribution < 1.29 is 30.8 Å². The molecule has 0 saturated carbocycles. The number of hydrogen-bond acceptors (Lipinski definition) is 1. The molecule has 0 unspecified atom stereocenters. The van der Waals surface area contributed by atoms with Crippen molar-refractivity contribution in [3.8, 4) is 0 Å². The van der Waals surface area contributed by atoms with Gasteiger partial charge in [-0.05, 0) is 0 Å². The first-order chi connectivity index (χ1) is 18.7. The molecule has 39 heavy (non-hydrogen) atoms. The van der Waals surface area contributed by atoms with Crippen molar-refractivity contribution in [1.82, 2.24) is 0 Å². The van der Waals surface area contributed by atoms with Crippen molar-refractivity contribution in [2.45, 2.75) is 26.7 Å². The van der Waals surface area contributed by atoms with Gasteiger partial charge in [-0.3, -0.25) is 0 Å². The molecule has 2 aliphatic rings. The first kappa shape index (κ1) is 32.4. The third kappa shape index (κ3) is 10.4. The Kier molecular flexibility index (Phi) is 15.4. The average molecular weight is 606 g/mol. The molecule has 2 aliphatic carbocycles. The van der Waals surface area contributed by atoms with Gasteiger partial charge in [0.1, 0.15) is 0 Å². The monoisotopic (exact) mass is 604 g/mol. The Bertz CT molecular complexity index is 1250. The van der Waals surface area contributed by atoms with E-state index in [1.807, 2.05) is 140 Å². The van der Waals surface area contributed by atoms with Gasteiger partial charge in [0.25, 0.3) is 0 Å². The number of allylic oxidation sites excluding steroid dienone is 11. The van der Waals surface area contributed by atoms with E-state index in [9.17, 15) is 4.57 Å². The zero-order valence-electron chi connectivity index (χ0n) is 22.7. The van der Waals surface area contributed by atoms with E-state index in [2.05, 4.69) is 37.9 Å². The summed E-state index contributed by atoms with van der Waals surface area (Å²) in [5, 5.41) is 1.59. The van der Waals surface area contributed by atoms with Gasteiger partial charge in [-0.15, -0.1) is 25.0 Å². The molecule has 3 aromatic rings. The zero-order valence-corrected chi connectivity index (χ0v) is 26.1. The minimum Gasteiger partial charge on any atom is -0.341 e. The number of hydrogen-bond donors (Lipinski definition) is 0. The van der Waals surface area contributed by atoms with E-state index >= 15 is 0 Å². The van der Waals surface area contributed by atoms with E-state index in [-0.39, 0.29) is 26.2 Å². The molecular formula is C36H35OPZr. The fourth-order valence-electron chi connectivity index (χ4n) is 3.87. The Morgan fingerprint density at radius 1 is 0.615 bits per heavy atom. The molecule has 0 heterocycles. The largest absolute Gasteiger partial charge is 2.00 e. The van der Waals surface area contributed by atoms with Gasteiger partial charge in [-0.2, -0.15) is 0 Å². The van der Waals surface area contributed by atoms with Crippen LogP contribution in [0.1, 0.15) is 32.3 Å². The number of rotatable bonds is 7. The minimum atomic E-state index is -3.08. The van der Waals surface area contributed by atoms with E-state index in [1.165, 1.54) is 0 Å². The van der Waals surface area contributed by atoms with Gasteiger partial charge in [-0.1, -0.05) is 141 Å². The fraction of sp³-hybridized carbons (Fsp3) is 0.111. The van der Waals surface area contributed by atoms with Gasteiger partial charge in [0.15, 0.2) is 0 Å². The molecular weight excluding hydrogens is 571 g/mol. The quantitative estimate of drug-likeness (QED) is 0.149. The second-order valence-corrected chi connectivity index (χ2v) is 10.9. The topological polar surface area (TPSA) is 17.1 Å². The van der Waals surface area contributed by atoms with Crippen molar-refractivity contribution in [3.63, 3.8) is 0 Å². The minimum absolute atomic E-state index is 0. The Balaban J connectivity index is 0.000000403. The summed E-state index contributed by atoms with van der Waals surface area (Å²) in [5.41, 5.74) is 2.97. The van der Waals surface area contributed by atoms with Crippen LogP contribution in [-0.2, 0) is 30.8 Å². The summed E-state index contributed by atoms with van der Waals surface area (Å²) in [6.45, 7) is 4.19. The molecule has 1 nitrogen and oxygen atoms in total. The molecule has 5 rings (SSSR count). The van der Waals surface area contributed by atoms with Crippen LogP contribution < -0.4 is 10.6 Å². The second-order valence-electron chi connectivity index (χ2n) is 8.42. The van der Waals surface area contributed by atoms with Crippen LogP contribution in [0.15, 0.2) is 145 Å². The first-order valence-corrected chi connectivity index (χ1v) is 14.7. The van der Waals surface area contributed by atoms with Crippen molar-refractivity contribution in [1.29, 1.82) is 0 Å². The Labute approximate surface area is 255 Å². The molecule has 0 aromatic heterocycles. The van der Waals surface area contributed by atoms with E-state index < -0.39 is 7.14 Å². The van der Waals surface area contributed by atoms with Crippen LogP contribution in [0.5, 0.6) is 0 Å². The SMILES string of the molecule is CC[C-]=C(CC)C(=[C-]P(=O)(c1ccccc1)c1ccccc1)c1ccccc1.[CH]1C=CC=C1.[CH]1C=CC=C1.[Zr+2]. The van der Waals surface area contributed by atoms with E-state index in [0.29, 0.717) is 0 Å². The summed E-state index contributed by atoms with van der Waals surface area (Å²) in [6.07, 6.45) is 25.1. The van der Waals surface area contributed by atoms with Gasteiger partial charge in [0, 0.05) is 23.5 Å². The maximum absolute atomic E-state index is 14.5. The van der Waals surface area contributed by atoms with Crippen molar-refractivity contribution in [2.24, 2.45) is 0 Å². The van der Waals surface area contributed by atoms with Crippen molar-refractivity contribution >= 4 is 23.3 Å². The maximum Gasteiger partial charge on any atom is 2.00 e. The third-order valence-electron chi connectivity index (χ3n) is 5.73. The van der Waals surface area contributed by atoms with Crippen molar-refractivity contribution in [2.75, 3.05) is 0 Å². The van der Waals surface area contributed by atoms with Crippen LogP contribution in [0.2, 0.25) is 0 Å². The van der Waals surface area contributed by atoms with E-state index in [4.69, 9.17) is 0 Å². The Morgan fingerprint density at radius 3 is 1.36 bits per heavy atom. The maximum atomic E-state index is 14.5. The molecule has 0 bridgehead atoms. The van der Waals surface area contributed by atoms with Crippen LogP contribution in [0.3, 0.4) is 0 Å². The van der Waals surface area contributed by atoms with Crippen LogP contribution >= 0.6 is 7.14 Å². The van der Waals surface area contributed by atoms with Crippen LogP contribution in [0, 0.1) is 24.7 Å². The Morgan fingerprint density at radius 2 is 1.03 bits per heavy atom. The smallest absolute Gasteiger partial charge is 0.341 e. The van der Waals surface area contributed by atoms with Gasteiger partial charge in [0.2, 0.25) is 0 Å².